The highest BCUT2D eigenvalue weighted by atomic mass is 32.3. The highest BCUT2D eigenvalue weighted by molar-refractivity contribution is 8.22. The van der Waals surface area contributed by atoms with Crippen molar-refractivity contribution in [2.24, 2.45) is 0 Å². The van der Waals surface area contributed by atoms with E-state index in [-0.39, 0.29) is 19.6 Å². The third kappa shape index (κ3) is 5.96. The van der Waals surface area contributed by atoms with E-state index in [1.54, 1.807) is 65.9 Å². The Labute approximate surface area is 223 Å². The molecule has 1 amide bonds. The predicted molar refractivity (Wildman–Crippen MR) is 145 cm³/mol. The van der Waals surface area contributed by atoms with Crippen molar-refractivity contribution >= 4 is 33.9 Å². The fraction of sp³-hybridized carbons (Fsp3) is 0.407. The lowest BCUT2D eigenvalue weighted by Gasteiger charge is -2.37. The second-order valence-electron chi connectivity index (χ2n) is 11.2. The largest absolute Gasteiger partial charge is 0.444 e. The Balaban J connectivity index is 1.60. The number of halogens is 1. The number of nitrogens with zero attached hydrogens (tertiary/aromatic N) is 2. The Kier molecular flexibility index (Phi) is 7.26. The van der Waals surface area contributed by atoms with E-state index in [0.717, 1.165) is 5.56 Å². The van der Waals surface area contributed by atoms with Crippen molar-refractivity contribution in [1.82, 2.24) is 14.2 Å². The average molecular weight is 548 g/mol. The molecule has 11 heteroatoms. The number of benzene rings is 2. The van der Waals surface area contributed by atoms with Crippen LogP contribution in [0.3, 0.4) is 0 Å². The summed E-state index contributed by atoms with van der Waals surface area (Å²) >= 11 is 0. The molecule has 2 aromatic carbocycles. The molecule has 0 radical (unpaired) electrons. The maximum atomic E-state index is 14.1. The first-order chi connectivity index (χ1) is 17.5. The highest BCUT2D eigenvalue weighted by Crippen LogP contribution is 2.59. The van der Waals surface area contributed by atoms with E-state index in [0.29, 0.717) is 26.9 Å². The molecule has 0 unspecified atom stereocenters. The van der Waals surface area contributed by atoms with Crippen LogP contribution in [0.2, 0.25) is 0 Å². The molecule has 0 saturated carbocycles. The first kappa shape index (κ1) is 27.9. The van der Waals surface area contributed by atoms with Gasteiger partial charge in [0, 0.05) is 36.8 Å². The summed E-state index contributed by atoms with van der Waals surface area (Å²) in [6.07, 6.45) is 0.402. The molecule has 3 N–H and O–H groups in total. The summed E-state index contributed by atoms with van der Waals surface area (Å²) in [4.78, 5) is 25.2. The maximum Gasteiger partial charge on any atom is 0.419 e. The summed E-state index contributed by atoms with van der Waals surface area (Å²) in [5.41, 5.74) is 1.12. The van der Waals surface area contributed by atoms with Crippen molar-refractivity contribution in [2.75, 3.05) is 13.1 Å². The van der Waals surface area contributed by atoms with Crippen LogP contribution < -0.4 is 5.32 Å². The van der Waals surface area contributed by atoms with Gasteiger partial charge in [0.25, 0.3) is 0 Å². The van der Waals surface area contributed by atoms with Crippen molar-refractivity contribution in [3.05, 3.63) is 54.0 Å². The number of alkyl carbamates (subject to hydrolysis) is 1. The number of ether oxygens (including phenoxy) is 2. The van der Waals surface area contributed by atoms with E-state index in [2.05, 4.69) is 5.32 Å². The first-order valence-electron chi connectivity index (χ1n) is 12.2. The fourth-order valence-electron chi connectivity index (χ4n) is 4.25. The van der Waals surface area contributed by atoms with Gasteiger partial charge in [0.2, 0.25) is 0 Å². The van der Waals surface area contributed by atoms with Crippen molar-refractivity contribution in [3.63, 3.8) is 0 Å². The van der Waals surface area contributed by atoms with Gasteiger partial charge in [0.15, 0.2) is 0 Å². The van der Waals surface area contributed by atoms with Gasteiger partial charge in [-0.2, -0.15) is 4.31 Å². The average Bonchev–Trinajstić information content (AvgIpc) is 3.25. The van der Waals surface area contributed by atoms with Crippen LogP contribution >= 0.6 is 10.8 Å². The molecule has 1 aromatic heterocycles. The maximum absolute atomic E-state index is 14.1. The van der Waals surface area contributed by atoms with E-state index in [1.165, 1.54) is 21.0 Å². The summed E-state index contributed by atoms with van der Waals surface area (Å²) in [7, 11) is -3.24. The van der Waals surface area contributed by atoms with Crippen LogP contribution in [-0.4, -0.2) is 54.5 Å². The Morgan fingerprint density at radius 2 is 1.71 bits per heavy atom. The van der Waals surface area contributed by atoms with Gasteiger partial charge < -0.3 is 14.8 Å². The van der Waals surface area contributed by atoms with E-state index < -0.39 is 40.0 Å². The molecular formula is C27H34FN3O6S. The Morgan fingerprint density at radius 3 is 2.37 bits per heavy atom. The molecule has 9 nitrogen and oxygen atoms in total. The van der Waals surface area contributed by atoms with Gasteiger partial charge in [-0.25, -0.2) is 14.0 Å². The van der Waals surface area contributed by atoms with Crippen molar-refractivity contribution in [2.45, 2.75) is 64.2 Å². The van der Waals surface area contributed by atoms with Crippen LogP contribution in [0.4, 0.5) is 14.0 Å². The molecule has 0 bridgehead atoms. The van der Waals surface area contributed by atoms with Crippen molar-refractivity contribution in [3.8, 4) is 11.1 Å². The predicted octanol–water partition coefficient (Wildman–Crippen LogP) is 6.60. The first-order valence-corrected chi connectivity index (χ1v) is 13.7. The van der Waals surface area contributed by atoms with Gasteiger partial charge in [-0.15, -0.1) is 10.8 Å². The van der Waals surface area contributed by atoms with Gasteiger partial charge in [0.1, 0.15) is 17.0 Å². The van der Waals surface area contributed by atoms with Crippen LogP contribution in [-0.2, 0) is 16.0 Å². The van der Waals surface area contributed by atoms with Crippen LogP contribution in [0.1, 0.15) is 47.1 Å². The molecule has 2 heterocycles. The molecule has 1 aliphatic heterocycles. The summed E-state index contributed by atoms with van der Waals surface area (Å²) < 4.78 is 49.5. The lowest BCUT2D eigenvalue weighted by atomic mass is 10.0. The van der Waals surface area contributed by atoms with Crippen LogP contribution in [0.5, 0.6) is 0 Å². The van der Waals surface area contributed by atoms with Gasteiger partial charge >= 0.3 is 12.2 Å². The van der Waals surface area contributed by atoms with E-state index >= 15 is 0 Å². The molecule has 206 valence electrons. The molecule has 0 spiro atoms. The topological polar surface area (TPSA) is 113 Å². The third-order valence-electron chi connectivity index (χ3n) is 5.76. The smallest absolute Gasteiger partial charge is 0.419 e. The lowest BCUT2D eigenvalue weighted by molar-refractivity contribution is 0.0520. The van der Waals surface area contributed by atoms with Crippen molar-refractivity contribution < 1.29 is 32.6 Å². The zero-order chi connectivity index (χ0) is 28.0. The summed E-state index contributed by atoms with van der Waals surface area (Å²) in [6, 6.07) is 9.45. The number of fused-ring (bicyclic) bond motifs is 2. The monoisotopic (exact) mass is 547 g/mol. The highest BCUT2D eigenvalue weighted by Gasteiger charge is 2.35. The number of rotatable bonds is 4. The minimum absolute atomic E-state index is 0.167. The summed E-state index contributed by atoms with van der Waals surface area (Å²) in [5, 5.41) is 3.29. The minimum Gasteiger partial charge on any atom is -0.444 e. The molecule has 4 rings (SSSR count). The quantitative estimate of drug-likeness (QED) is 0.337. The molecule has 0 fully saturated rings. The molecular weight excluding hydrogens is 513 g/mol. The SMILES string of the molecule is CC(C)(C)OC(=O)NCCN1Cc2cc(-c3cn(C(=O)OC(C)(C)C)c4cc(F)ccc34)ccc2S1(O)O. The third-order valence-corrected chi connectivity index (χ3v) is 7.78. The number of amides is 1. The van der Waals surface area contributed by atoms with Gasteiger partial charge in [-0.05, 0) is 83.0 Å². The number of hydrogen-bond donors (Lipinski definition) is 3. The van der Waals surface area contributed by atoms with Gasteiger partial charge in [0.05, 0.1) is 10.4 Å². The second kappa shape index (κ2) is 9.88. The van der Waals surface area contributed by atoms with E-state index in [9.17, 15) is 23.1 Å². The second-order valence-corrected chi connectivity index (χ2v) is 13.2. The number of carbonyl (C=O) groups is 2. The molecule has 3 aromatic rings. The van der Waals surface area contributed by atoms with E-state index in [1.807, 2.05) is 6.07 Å². The normalized spacial score (nSPS) is 16.2. The molecule has 0 aliphatic carbocycles. The summed E-state index contributed by atoms with van der Waals surface area (Å²) in [5.74, 6) is -0.481. The van der Waals surface area contributed by atoms with Crippen molar-refractivity contribution in [1.29, 1.82) is 0 Å². The fourth-order valence-corrected chi connectivity index (χ4v) is 5.92. The number of carbonyl (C=O) groups excluding carboxylic acids is 2. The Bertz CT molecular complexity index is 1390. The Hall–Kier alpha value is -3.12. The lowest BCUT2D eigenvalue weighted by Crippen LogP contribution is -2.37. The van der Waals surface area contributed by atoms with E-state index in [4.69, 9.17) is 9.47 Å². The summed E-state index contributed by atoms with van der Waals surface area (Å²) in [6.45, 7) is 11.2. The molecule has 0 atom stereocenters. The number of nitrogens with one attached hydrogen (secondary N) is 1. The molecule has 38 heavy (non-hydrogen) atoms. The van der Waals surface area contributed by atoms with Gasteiger partial charge in [-0.3, -0.25) is 13.7 Å². The Morgan fingerprint density at radius 1 is 1.03 bits per heavy atom. The van der Waals surface area contributed by atoms with Crippen LogP contribution in [0, 0.1) is 5.82 Å². The molecule has 0 saturated heterocycles. The number of aromatic nitrogens is 1. The van der Waals surface area contributed by atoms with Crippen LogP contribution in [0.25, 0.3) is 22.0 Å². The number of hydrogen-bond acceptors (Lipinski definition) is 7. The zero-order valence-corrected chi connectivity index (χ0v) is 23.2. The minimum atomic E-state index is -3.24. The van der Waals surface area contributed by atoms with Crippen LogP contribution in [0.15, 0.2) is 47.5 Å². The zero-order valence-electron chi connectivity index (χ0n) is 22.4. The van der Waals surface area contributed by atoms with Gasteiger partial charge in [-0.1, -0.05) is 6.07 Å². The standard InChI is InChI=1S/C27H34FN3O6S/c1-26(2,3)36-24(32)29-11-12-30-15-18-13-17(7-10-23(18)38(30,34)35)21-16-31(25(33)37-27(4,5)6)22-14-19(28)8-9-20(21)22/h7-10,13-14,16,34-35H,11-12,15H2,1-6H3,(H,29,32). The molecule has 1 aliphatic rings.